The van der Waals surface area contributed by atoms with Gasteiger partial charge in [-0.25, -0.2) is 0 Å². The van der Waals surface area contributed by atoms with Crippen LogP contribution in [0, 0.1) is 6.92 Å². The molecule has 0 aliphatic heterocycles. The molecule has 1 aromatic rings. The first-order chi connectivity index (χ1) is 11.4. The Morgan fingerprint density at radius 1 is 1.38 bits per heavy atom. The zero-order valence-corrected chi connectivity index (χ0v) is 15.6. The smallest absolute Gasteiger partial charge is 0.274 e. The summed E-state index contributed by atoms with van der Waals surface area (Å²) in [6.45, 7) is 8.34. The Morgan fingerprint density at radius 3 is 2.50 bits per heavy atom. The van der Waals surface area contributed by atoms with E-state index in [1.165, 1.54) is 4.90 Å². The Morgan fingerprint density at radius 2 is 2.00 bits per heavy atom. The average Bonchev–Trinajstić information content (AvgIpc) is 2.96. The number of carbonyl (C=O) groups excluding carboxylic acids is 2. The summed E-state index contributed by atoms with van der Waals surface area (Å²) in [5.41, 5.74) is 1.32. The van der Waals surface area contributed by atoms with Gasteiger partial charge in [-0.15, -0.1) is 0 Å². The van der Waals surface area contributed by atoms with Crippen LogP contribution < -0.4 is 5.32 Å². The SMILES string of the molecule is CCC(CC)n1nc(C(=O)N(CC(=O)NC)CC(C)OC)cc1C. The third-order valence-electron chi connectivity index (χ3n) is 4.21. The summed E-state index contributed by atoms with van der Waals surface area (Å²) >= 11 is 0. The molecule has 1 atom stereocenters. The standard InChI is InChI=1S/C17H30N4O3/c1-7-14(8-2)21-12(3)9-15(19-21)17(23)20(10-13(4)24-6)11-16(22)18-5/h9,13-14H,7-8,10-11H2,1-6H3,(H,18,22). The van der Waals surface area contributed by atoms with Crippen LogP contribution in [0.4, 0.5) is 0 Å². The maximum absolute atomic E-state index is 12.8. The van der Waals surface area contributed by atoms with Crippen LogP contribution in [-0.2, 0) is 9.53 Å². The molecule has 0 spiro atoms. The molecule has 1 rings (SSSR count). The molecule has 0 saturated carbocycles. The highest BCUT2D eigenvalue weighted by Gasteiger charge is 2.24. The number of aromatic nitrogens is 2. The molecule has 1 heterocycles. The van der Waals surface area contributed by atoms with Gasteiger partial charge in [0.05, 0.1) is 18.7 Å². The van der Waals surface area contributed by atoms with Crippen LogP contribution >= 0.6 is 0 Å². The van der Waals surface area contributed by atoms with E-state index in [4.69, 9.17) is 4.74 Å². The molecule has 0 saturated heterocycles. The van der Waals surface area contributed by atoms with Crippen molar-refractivity contribution in [3.05, 3.63) is 17.5 Å². The van der Waals surface area contributed by atoms with E-state index in [1.54, 1.807) is 20.2 Å². The van der Waals surface area contributed by atoms with Crippen LogP contribution in [0.1, 0.15) is 55.8 Å². The third-order valence-corrected chi connectivity index (χ3v) is 4.21. The fourth-order valence-corrected chi connectivity index (χ4v) is 2.62. The highest BCUT2D eigenvalue weighted by atomic mass is 16.5. The Balaban J connectivity index is 3.04. The van der Waals surface area contributed by atoms with E-state index in [2.05, 4.69) is 24.3 Å². The fraction of sp³-hybridized carbons (Fsp3) is 0.706. The van der Waals surface area contributed by atoms with Gasteiger partial charge in [0.15, 0.2) is 5.69 Å². The van der Waals surface area contributed by atoms with Gasteiger partial charge in [0.25, 0.3) is 5.91 Å². The summed E-state index contributed by atoms with van der Waals surface area (Å²) in [4.78, 5) is 26.0. The van der Waals surface area contributed by atoms with Crippen molar-refractivity contribution in [2.75, 3.05) is 27.2 Å². The second kappa shape index (κ2) is 9.42. The summed E-state index contributed by atoms with van der Waals surface area (Å²) in [5, 5.41) is 7.04. The zero-order valence-electron chi connectivity index (χ0n) is 15.6. The summed E-state index contributed by atoms with van der Waals surface area (Å²) < 4.78 is 7.14. The van der Waals surface area contributed by atoms with Crippen molar-refractivity contribution in [3.63, 3.8) is 0 Å². The maximum atomic E-state index is 12.8. The van der Waals surface area contributed by atoms with Gasteiger partial charge < -0.3 is 15.0 Å². The molecule has 1 N–H and O–H groups in total. The minimum Gasteiger partial charge on any atom is -0.380 e. The van der Waals surface area contributed by atoms with Crippen molar-refractivity contribution in [1.29, 1.82) is 0 Å². The van der Waals surface area contributed by atoms with Crippen molar-refractivity contribution < 1.29 is 14.3 Å². The highest BCUT2D eigenvalue weighted by molar-refractivity contribution is 5.95. The van der Waals surface area contributed by atoms with Crippen molar-refractivity contribution in [1.82, 2.24) is 20.0 Å². The second-order valence-corrected chi connectivity index (χ2v) is 5.99. The van der Waals surface area contributed by atoms with E-state index in [9.17, 15) is 9.59 Å². The molecule has 1 aromatic heterocycles. The van der Waals surface area contributed by atoms with Gasteiger partial charge in [-0.3, -0.25) is 14.3 Å². The predicted molar refractivity (Wildman–Crippen MR) is 93.0 cm³/mol. The monoisotopic (exact) mass is 338 g/mol. The van der Waals surface area contributed by atoms with Gasteiger partial charge in [0, 0.05) is 26.4 Å². The molecular weight excluding hydrogens is 308 g/mol. The first kappa shape index (κ1) is 20.2. The number of amides is 2. The molecule has 7 nitrogen and oxygen atoms in total. The summed E-state index contributed by atoms with van der Waals surface area (Å²) in [7, 11) is 3.13. The van der Waals surface area contributed by atoms with Crippen LogP contribution in [0.2, 0.25) is 0 Å². The van der Waals surface area contributed by atoms with Crippen molar-refractivity contribution in [2.45, 2.75) is 52.7 Å². The number of hydrogen-bond donors (Lipinski definition) is 1. The van der Waals surface area contributed by atoms with Crippen molar-refractivity contribution >= 4 is 11.8 Å². The number of ether oxygens (including phenoxy) is 1. The number of carbonyl (C=O) groups is 2. The minimum atomic E-state index is -0.254. The highest BCUT2D eigenvalue weighted by Crippen LogP contribution is 2.18. The normalized spacial score (nSPS) is 12.3. The number of likely N-dealkylation sites (N-methyl/N-ethyl adjacent to an activating group) is 1. The van der Waals surface area contributed by atoms with Crippen LogP contribution in [0.3, 0.4) is 0 Å². The van der Waals surface area contributed by atoms with Gasteiger partial charge >= 0.3 is 0 Å². The number of aryl methyl sites for hydroxylation is 1. The molecule has 24 heavy (non-hydrogen) atoms. The lowest BCUT2D eigenvalue weighted by Gasteiger charge is -2.24. The van der Waals surface area contributed by atoms with Crippen LogP contribution in [-0.4, -0.2) is 59.8 Å². The largest absolute Gasteiger partial charge is 0.380 e. The zero-order chi connectivity index (χ0) is 18.3. The Kier molecular flexibility index (Phi) is 7.91. The first-order valence-electron chi connectivity index (χ1n) is 8.46. The van der Waals surface area contributed by atoms with Gasteiger partial charge in [-0.2, -0.15) is 5.10 Å². The Hall–Kier alpha value is -1.89. The molecule has 1 unspecified atom stereocenters. The van der Waals surface area contributed by atoms with E-state index < -0.39 is 0 Å². The Labute approximate surface area is 144 Å². The lowest BCUT2D eigenvalue weighted by Crippen LogP contribution is -2.43. The summed E-state index contributed by atoms with van der Waals surface area (Å²) in [6.07, 6.45) is 1.74. The number of nitrogens with zero attached hydrogens (tertiary/aromatic N) is 3. The van der Waals surface area contributed by atoms with Crippen LogP contribution in [0.15, 0.2) is 6.07 Å². The average molecular weight is 338 g/mol. The van der Waals surface area contributed by atoms with Crippen LogP contribution in [0.25, 0.3) is 0 Å². The summed E-state index contributed by atoms with van der Waals surface area (Å²) in [6, 6.07) is 2.06. The third kappa shape index (κ3) is 5.06. The molecule has 136 valence electrons. The van der Waals surface area contributed by atoms with Crippen molar-refractivity contribution in [3.8, 4) is 0 Å². The molecule has 0 aliphatic carbocycles. The maximum Gasteiger partial charge on any atom is 0.274 e. The quantitative estimate of drug-likeness (QED) is 0.744. The summed E-state index contributed by atoms with van der Waals surface area (Å²) in [5.74, 6) is -0.474. The molecule has 7 heteroatoms. The van der Waals surface area contributed by atoms with Crippen LogP contribution in [0.5, 0.6) is 0 Å². The molecular formula is C17H30N4O3. The molecule has 0 fully saturated rings. The second-order valence-electron chi connectivity index (χ2n) is 5.99. The molecule has 2 amide bonds. The van der Waals surface area contributed by atoms with E-state index in [1.807, 2.05) is 18.5 Å². The first-order valence-corrected chi connectivity index (χ1v) is 8.46. The van der Waals surface area contributed by atoms with Gasteiger partial charge in [-0.05, 0) is 32.8 Å². The predicted octanol–water partition coefficient (Wildman–Crippen LogP) is 1.78. The molecule has 0 radical (unpaired) electrons. The van der Waals surface area contributed by atoms with E-state index in [0.717, 1.165) is 18.5 Å². The number of hydrogen-bond acceptors (Lipinski definition) is 4. The molecule has 0 aromatic carbocycles. The van der Waals surface area contributed by atoms with Gasteiger partial charge in [0.1, 0.15) is 0 Å². The number of methoxy groups -OCH3 is 1. The topological polar surface area (TPSA) is 76.5 Å². The lowest BCUT2D eigenvalue weighted by molar-refractivity contribution is -0.121. The van der Waals surface area contributed by atoms with Gasteiger partial charge in [-0.1, -0.05) is 13.8 Å². The van der Waals surface area contributed by atoms with E-state index in [-0.39, 0.29) is 30.5 Å². The molecule has 0 bridgehead atoms. The fourth-order valence-electron chi connectivity index (χ4n) is 2.62. The number of rotatable bonds is 9. The lowest BCUT2D eigenvalue weighted by atomic mass is 10.2. The number of nitrogens with one attached hydrogen (secondary N) is 1. The van der Waals surface area contributed by atoms with E-state index in [0.29, 0.717) is 12.2 Å². The van der Waals surface area contributed by atoms with Crippen molar-refractivity contribution in [2.24, 2.45) is 0 Å². The Bertz CT molecular complexity index is 552. The minimum absolute atomic E-state index is 0.0140. The van der Waals surface area contributed by atoms with Gasteiger partial charge in [0.2, 0.25) is 5.91 Å². The van der Waals surface area contributed by atoms with E-state index >= 15 is 0 Å². The molecule has 0 aliphatic rings.